The van der Waals surface area contributed by atoms with E-state index >= 15 is 0 Å². The number of hydrogen-bond acceptors (Lipinski definition) is 6. The van der Waals surface area contributed by atoms with E-state index in [1.165, 1.54) is 5.56 Å². The lowest BCUT2D eigenvalue weighted by Crippen LogP contribution is -2.37. The Kier molecular flexibility index (Phi) is 7.27. The van der Waals surface area contributed by atoms with E-state index in [0.717, 1.165) is 44.0 Å². The molecule has 3 aromatic rings. The molecule has 0 unspecified atom stereocenters. The van der Waals surface area contributed by atoms with E-state index in [1.807, 2.05) is 48.5 Å². The molecular weight excluding hydrogens is 408 g/mol. The van der Waals surface area contributed by atoms with Gasteiger partial charge in [0, 0.05) is 37.8 Å². The topological polar surface area (TPSA) is 96.7 Å². The summed E-state index contributed by atoms with van der Waals surface area (Å²) in [6.45, 7) is 4.38. The maximum absolute atomic E-state index is 12.3. The van der Waals surface area contributed by atoms with Crippen molar-refractivity contribution in [3.63, 3.8) is 0 Å². The van der Waals surface area contributed by atoms with Gasteiger partial charge in [0.05, 0.1) is 19.8 Å². The first kappa shape index (κ1) is 21.7. The van der Waals surface area contributed by atoms with Gasteiger partial charge in [0.1, 0.15) is 0 Å². The van der Waals surface area contributed by atoms with Gasteiger partial charge in [0.2, 0.25) is 5.91 Å². The number of aromatic nitrogens is 1. The molecule has 2 amide bonds. The Balaban J connectivity index is 1.26. The van der Waals surface area contributed by atoms with E-state index in [9.17, 15) is 9.59 Å². The number of carbonyl (C=O) groups is 2. The summed E-state index contributed by atoms with van der Waals surface area (Å²) in [5.41, 5.74) is 3.19. The van der Waals surface area contributed by atoms with Crippen molar-refractivity contribution in [3.8, 4) is 11.3 Å². The Morgan fingerprint density at radius 1 is 0.938 bits per heavy atom. The maximum atomic E-state index is 12.3. The molecule has 2 N–H and O–H groups in total. The van der Waals surface area contributed by atoms with Gasteiger partial charge in [-0.25, -0.2) is 0 Å². The van der Waals surface area contributed by atoms with Gasteiger partial charge >= 0.3 is 0 Å². The minimum Gasteiger partial charge on any atom is -0.379 e. The van der Waals surface area contributed by atoms with Crippen LogP contribution in [-0.4, -0.2) is 54.7 Å². The van der Waals surface area contributed by atoms with Crippen molar-refractivity contribution in [2.75, 3.05) is 32.8 Å². The number of hydrogen-bond donors (Lipinski definition) is 2. The summed E-state index contributed by atoms with van der Waals surface area (Å²) in [5, 5.41) is 9.26. The third-order valence-corrected chi connectivity index (χ3v) is 5.30. The molecule has 32 heavy (non-hydrogen) atoms. The highest BCUT2D eigenvalue weighted by molar-refractivity contribution is 5.95. The highest BCUT2D eigenvalue weighted by atomic mass is 16.5. The molecule has 0 aliphatic carbocycles. The van der Waals surface area contributed by atoms with E-state index in [1.54, 1.807) is 6.07 Å². The molecule has 1 fully saturated rings. The van der Waals surface area contributed by atoms with Crippen LogP contribution in [0.1, 0.15) is 21.6 Å². The fraction of sp³-hybridized carbons (Fsp3) is 0.292. The second-order valence-corrected chi connectivity index (χ2v) is 7.56. The molecule has 0 spiro atoms. The first-order valence-electron chi connectivity index (χ1n) is 10.6. The van der Waals surface area contributed by atoms with E-state index in [0.29, 0.717) is 12.3 Å². The molecule has 166 valence electrons. The zero-order chi connectivity index (χ0) is 22.2. The van der Waals surface area contributed by atoms with Crippen molar-refractivity contribution in [2.45, 2.75) is 13.1 Å². The molecule has 1 aromatic heterocycles. The van der Waals surface area contributed by atoms with Crippen molar-refractivity contribution >= 4 is 11.8 Å². The van der Waals surface area contributed by atoms with Crippen molar-refractivity contribution < 1.29 is 18.8 Å². The summed E-state index contributed by atoms with van der Waals surface area (Å²) >= 11 is 0. The number of amides is 2. The highest BCUT2D eigenvalue weighted by Crippen LogP contribution is 2.19. The predicted molar refractivity (Wildman–Crippen MR) is 119 cm³/mol. The molecule has 0 atom stereocenters. The molecular formula is C24H26N4O4. The molecule has 0 saturated carbocycles. The normalized spacial score (nSPS) is 14.1. The number of benzene rings is 2. The standard InChI is InChI=1S/C24H26N4O4/c29-23(16-26-24(30)21-14-22(32-27-21)18-6-2-1-3-7-18)25-15-19-8-4-5-9-20(19)17-28-10-12-31-13-11-28/h1-9,14H,10-13,15-17H2,(H,25,29)(H,26,30). The number of rotatable bonds is 8. The van der Waals surface area contributed by atoms with Crippen LogP contribution in [0.5, 0.6) is 0 Å². The van der Waals surface area contributed by atoms with E-state index in [-0.39, 0.29) is 18.1 Å². The molecule has 0 bridgehead atoms. The third kappa shape index (κ3) is 5.81. The lowest BCUT2D eigenvalue weighted by molar-refractivity contribution is -0.120. The zero-order valence-electron chi connectivity index (χ0n) is 17.8. The van der Waals surface area contributed by atoms with Crippen molar-refractivity contribution in [1.29, 1.82) is 0 Å². The van der Waals surface area contributed by atoms with Crippen LogP contribution in [0, 0.1) is 0 Å². The monoisotopic (exact) mass is 434 g/mol. The first-order chi connectivity index (χ1) is 15.7. The Labute approximate surface area is 186 Å². The van der Waals surface area contributed by atoms with Gasteiger partial charge in [0.15, 0.2) is 11.5 Å². The van der Waals surface area contributed by atoms with Gasteiger partial charge in [-0.15, -0.1) is 0 Å². The minimum atomic E-state index is -0.459. The van der Waals surface area contributed by atoms with Crippen LogP contribution in [0.25, 0.3) is 11.3 Å². The van der Waals surface area contributed by atoms with Crippen LogP contribution in [0.3, 0.4) is 0 Å². The van der Waals surface area contributed by atoms with Gasteiger partial charge < -0.3 is 19.9 Å². The molecule has 1 aliphatic heterocycles. The van der Waals surface area contributed by atoms with Gasteiger partial charge in [-0.2, -0.15) is 0 Å². The summed E-state index contributed by atoms with van der Waals surface area (Å²) < 4.78 is 10.6. The van der Waals surface area contributed by atoms with Crippen LogP contribution in [0.15, 0.2) is 65.2 Å². The van der Waals surface area contributed by atoms with Crippen molar-refractivity contribution in [1.82, 2.24) is 20.7 Å². The zero-order valence-corrected chi connectivity index (χ0v) is 17.8. The SMILES string of the molecule is O=C(CNC(=O)c1cc(-c2ccccc2)on1)NCc1ccccc1CN1CCOCC1. The summed E-state index contributed by atoms with van der Waals surface area (Å²) in [6.07, 6.45) is 0. The summed E-state index contributed by atoms with van der Waals surface area (Å²) in [6, 6.07) is 19.0. The molecule has 1 aliphatic rings. The smallest absolute Gasteiger partial charge is 0.273 e. The van der Waals surface area contributed by atoms with Crippen molar-refractivity contribution in [3.05, 3.63) is 77.5 Å². The Morgan fingerprint density at radius 2 is 1.66 bits per heavy atom. The highest BCUT2D eigenvalue weighted by Gasteiger charge is 2.16. The number of nitrogens with zero attached hydrogens (tertiary/aromatic N) is 2. The van der Waals surface area contributed by atoms with Crippen LogP contribution in [0.2, 0.25) is 0 Å². The Bertz CT molecular complexity index is 1040. The molecule has 2 heterocycles. The van der Waals surface area contributed by atoms with Crippen molar-refractivity contribution in [2.24, 2.45) is 0 Å². The predicted octanol–water partition coefficient (Wildman–Crippen LogP) is 2.22. The fourth-order valence-corrected chi connectivity index (χ4v) is 3.51. The molecule has 0 radical (unpaired) electrons. The van der Waals surface area contributed by atoms with Crippen LogP contribution in [-0.2, 0) is 22.6 Å². The number of carbonyl (C=O) groups excluding carboxylic acids is 2. The molecule has 4 rings (SSSR count). The largest absolute Gasteiger partial charge is 0.379 e. The Hall–Kier alpha value is -3.49. The quantitative estimate of drug-likeness (QED) is 0.564. The van der Waals surface area contributed by atoms with Gasteiger partial charge in [0.25, 0.3) is 5.91 Å². The number of ether oxygens (including phenoxy) is 1. The molecule has 8 heteroatoms. The lowest BCUT2D eigenvalue weighted by atomic mass is 10.1. The average molecular weight is 434 g/mol. The summed E-state index contributed by atoms with van der Waals surface area (Å²) in [4.78, 5) is 26.9. The minimum absolute atomic E-state index is 0.132. The average Bonchev–Trinajstić information content (AvgIpc) is 3.34. The van der Waals surface area contributed by atoms with Gasteiger partial charge in [-0.1, -0.05) is 59.8 Å². The number of morpholine rings is 1. The van der Waals surface area contributed by atoms with Gasteiger partial charge in [-0.3, -0.25) is 14.5 Å². The molecule has 1 saturated heterocycles. The summed E-state index contributed by atoms with van der Waals surface area (Å²) in [7, 11) is 0. The maximum Gasteiger partial charge on any atom is 0.273 e. The Morgan fingerprint density at radius 3 is 2.44 bits per heavy atom. The number of nitrogens with one attached hydrogen (secondary N) is 2. The third-order valence-electron chi connectivity index (χ3n) is 5.30. The second kappa shape index (κ2) is 10.7. The lowest BCUT2D eigenvalue weighted by Gasteiger charge is -2.27. The first-order valence-corrected chi connectivity index (χ1v) is 10.6. The van der Waals surface area contributed by atoms with Crippen LogP contribution < -0.4 is 10.6 Å². The van der Waals surface area contributed by atoms with E-state index in [2.05, 4.69) is 26.8 Å². The summed E-state index contributed by atoms with van der Waals surface area (Å²) in [5.74, 6) is -0.234. The van der Waals surface area contributed by atoms with Gasteiger partial charge in [-0.05, 0) is 11.1 Å². The molecule has 2 aromatic carbocycles. The van der Waals surface area contributed by atoms with Crippen LogP contribution in [0.4, 0.5) is 0 Å². The van der Waals surface area contributed by atoms with Crippen LogP contribution >= 0.6 is 0 Å². The van der Waals surface area contributed by atoms with E-state index in [4.69, 9.17) is 9.26 Å². The second-order valence-electron chi connectivity index (χ2n) is 7.56. The molecule has 8 nitrogen and oxygen atoms in total. The van der Waals surface area contributed by atoms with E-state index < -0.39 is 5.91 Å². The fourth-order valence-electron chi connectivity index (χ4n) is 3.51.